The molecule has 208 valence electrons. The first-order chi connectivity index (χ1) is 18.4. The van der Waals surface area contributed by atoms with E-state index in [1.165, 1.54) is 0 Å². The first-order valence-corrected chi connectivity index (χ1v) is 15.2. The van der Waals surface area contributed by atoms with Crippen molar-refractivity contribution in [3.63, 3.8) is 0 Å². The fourth-order valence-electron chi connectivity index (χ4n) is 5.02. The van der Waals surface area contributed by atoms with Gasteiger partial charge in [-0.15, -0.1) is 0 Å². The van der Waals surface area contributed by atoms with Crippen LogP contribution in [0.2, 0.25) is 0 Å². The van der Waals surface area contributed by atoms with Crippen molar-refractivity contribution in [2.24, 2.45) is 0 Å². The summed E-state index contributed by atoms with van der Waals surface area (Å²) in [6.07, 6.45) is 7.10. The molecule has 11 nitrogen and oxygen atoms in total. The molecule has 0 radical (unpaired) electrons. The third-order valence-corrected chi connectivity index (χ3v) is 8.64. The Bertz CT molecular complexity index is 1280. The summed E-state index contributed by atoms with van der Waals surface area (Å²) in [6, 6.07) is 7.22. The number of hydrogen-bond acceptors (Lipinski definition) is 6. The smallest absolute Gasteiger partial charge is 0.315 e. The molecule has 0 unspecified atom stereocenters. The number of urea groups is 1. The monoisotopic (exact) mass is 544 g/mol. The number of aromatic nitrogens is 4. The number of hydrogen-bond donors (Lipinski definition) is 5. The van der Waals surface area contributed by atoms with Crippen molar-refractivity contribution in [1.82, 2.24) is 40.4 Å². The third-order valence-electron chi connectivity index (χ3n) is 7.17. The Morgan fingerprint density at radius 2 is 1.95 bits per heavy atom. The summed E-state index contributed by atoms with van der Waals surface area (Å²) in [5.74, 6) is 0.829. The molecule has 2 amide bonds. The fraction of sp³-hybridized carbons (Fsp3) is 0.577. The summed E-state index contributed by atoms with van der Waals surface area (Å²) >= 11 is 0. The lowest BCUT2D eigenvalue weighted by Gasteiger charge is -2.19. The molecule has 1 aliphatic rings. The van der Waals surface area contributed by atoms with Crippen molar-refractivity contribution >= 4 is 27.0 Å². The summed E-state index contributed by atoms with van der Waals surface area (Å²) in [5, 5.41) is 14.0. The molecule has 1 aromatic carbocycles. The second-order valence-electron chi connectivity index (χ2n) is 9.88. The van der Waals surface area contributed by atoms with Crippen LogP contribution in [-0.2, 0) is 23.0 Å². The summed E-state index contributed by atoms with van der Waals surface area (Å²) in [6.45, 7) is 6.81. The number of aromatic amines is 2. The minimum Gasteiger partial charge on any atom is -0.361 e. The lowest BCUT2D eigenvalue weighted by molar-refractivity contribution is 0.236. The van der Waals surface area contributed by atoms with Crippen LogP contribution >= 0.6 is 0 Å². The zero-order chi connectivity index (χ0) is 27.0. The number of nitrogens with zero attached hydrogens (tertiary/aromatic N) is 3. The van der Waals surface area contributed by atoms with Crippen molar-refractivity contribution in [1.29, 1.82) is 0 Å². The van der Waals surface area contributed by atoms with Crippen LogP contribution in [0.4, 0.5) is 4.79 Å². The molecule has 2 heterocycles. The summed E-state index contributed by atoms with van der Waals surface area (Å²) in [4.78, 5) is 22.2. The molecule has 12 heteroatoms. The van der Waals surface area contributed by atoms with Crippen LogP contribution < -0.4 is 15.4 Å². The van der Waals surface area contributed by atoms with Crippen molar-refractivity contribution < 1.29 is 13.2 Å². The molecule has 1 fully saturated rings. The molecule has 0 saturated heterocycles. The largest absolute Gasteiger partial charge is 0.361 e. The van der Waals surface area contributed by atoms with Crippen molar-refractivity contribution in [3.8, 4) is 0 Å². The van der Waals surface area contributed by atoms with Crippen LogP contribution in [0.1, 0.15) is 69.2 Å². The van der Waals surface area contributed by atoms with Crippen LogP contribution in [0.5, 0.6) is 0 Å². The van der Waals surface area contributed by atoms with Crippen LogP contribution in [0, 0.1) is 0 Å². The highest BCUT2D eigenvalue weighted by Crippen LogP contribution is 2.24. The molecule has 0 bridgehead atoms. The number of fused-ring (bicyclic) bond motifs is 1. The van der Waals surface area contributed by atoms with Gasteiger partial charge in [-0.25, -0.2) is 22.9 Å². The lowest BCUT2D eigenvalue weighted by atomic mass is 10.1. The van der Waals surface area contributed by atoms with Crippen LogP contribution in [0.15, 0.2) is 30.5 Å². The van der Waals surface area contributed by atoms with E-state index in [0.717, 1.165) is 61.8 Å². The van der Waals surface area contributed by atoms with Gasteiger partial charge in [0.2, 0.25) is 10.0 Å². The van der Waals surface area contributed by atoms with E-state index in [1.807, 2.05) is 30.5 Å². The van der Waals surface area contributed by atoms with E-state index in [1.54, 1.807) is 0 Å². The Kier molecular flexibility index (Phi) is 9.75. The maximum Gasteiger partial charge on any atom is 0.315 e. The predicted molar refractivity (Wildman–Crippen MR) is 148 cm³/mol. The Balaban J connectivity index is 1.44. The van der Waals surface area contributed by atoms with E-state index in [4.69, 9.17) is 0 Å². The van der Waals surface area contributed by atoms with Gasteiger partial charge in [0.1, 0.15) is 5.82 Å². The number of nitrogens with one attached hydrogen (secondary N) is 5. The third kappa shape index (κ3) is 7.78. The van der Waals surface area contributed by atoms with E-state index >= 15 is 0 Å². The standard InChI is InChI=1S/C26H40N8O3S/c1-3-34(4-2)14-9-15-38(36,37)33-23(16-19-17-27-22-13-8-7-12-21(19)22)25-30-24(31-32-25)18-28-26(35)29-20-10-5-6-11-20/h7-8,12-13,17,20,23,27,33H,3-6,9-11,14-16,18H2,1-2H3,(H2,28,29,35)(H,30,31,32)/t23-/m1/s1. The second kappa shape index (κ2) is 13.2. The Morgan fingerprint density at radius 3 is 2.71 bits per heavy atom. The molecular weight excluding hydrogens is 504 g/mol. The van der Waals surface area contributed by atoms with Crippen LogP contribution in [-0.4, -0.2) is 70.9 Å². The molecule has 0 aliphatic heterocycles. The number of benzene rings is 1. The van der Waals surface area contributed by atoms with Gasteiger partial charge in [-0.3, -0.25) is 5.10 Å². The average Bonchev–Trinajstić information content (AvgIpc) is 3.67. The number of sulfonamides is 1. The maximum absolute atomic E-state index is 13.1. The molecule has 1 atom stereocenters. The Hall–Kier alpha value is -2.96. The molecule has 0 spiro atoms. The summed E-state index contributed by atoms with van der Waals surface area (Å²) < 4.78 is 29.0. The average molecular weight is 545 g/mol. The first-order valence-electron chi connectivity index (χ1n) is 13.6. The summed E-state index contributed by atoms with van der Waals surface area (Å²) in [5.41, 5.74) is 1.95. The van der Waals surface area contributed by atoms with Gasteiger partial charge in [-0.2, -0.15) is 5.10 Å². The highest BCUT2D eigenvalue weighted by Gasteiger charge is 2.25. The highest BCUT2D eigenvalue weighted by molar-refractivity contribution is 7.89. The number of H-pyrrole nitrogens is 2. The molecule has 1 aliphatic carbocycles. The normalized spacial score (nSPS) is 15.3. The topological polar surface area (TPSA) is 148 Å². The SMILES string of the molecule is CCN(CC)CCCS(=O)(=O)N[C@H](Cc1c[nH]c2ccccc12)c1n[nH]c(CNC(=O)NC2CCCC2)n1. The quantitative estimate of drug-likeness (QED) is 0.211. The van der Waals surface area contributed by atoms with Gasteiger partial charge in [0.15, 0.2) is 5.82 Å². The lowest BCUT2D eigenvalue weighted by Crippen LogP contribution is -2.40. The van der Waals surface area contributed by atoms with Crippen molar-refractivity contribution in [2.45, 2.75) is 71.0 Å². The van der Waals surface area contributed by atoms with E-state index in [-0.39, 0.29) is 24.4 Å². The highest BCUT2D eigenvalue weighted by atomic mass is 32.2. The van der Waals surface area contributed by atoms with Gasteiger partial charge in [0.05, 0.1) is 18.3 Å². The van der Waals surface area contributed by atoms with E-state index in [9.17, 15) is 13.2 Å². The zero-order valence-corrected chi connectivity index (χ0v) is 23.1. The number of para-hydroxylation sites is 1. The van der Waals surface area contributed by atoms with Crippen LogP contribution in [0.25, 0.3) is 10.9 Å². The van der Waals surface area contributed by atoms with E-state index < -0.39 is 16.1 Å². The number of amides is 2. The van der Waals surface area contributed by atoms with Gasteiger partial charge in [0, 0.05) is 23.1 Å². The molecule has 5 N–H and O–H groups in total. The van der Waals surface area contributed by atoms with E-state index in [0.29, 0.717) is 24.5 Å². The Morgan fingerprint density at radius 1 is 1.18 bits per heavy atom. The van der Waals surface area contributed by atoms with Gasteiger partial charge >= 0.3 is 6.03 Å². The molecule has 2 aromatic heterocycles. The van der Waals surface area contributed by atoms with Gasteiger partial charge in [-0.1, -0.05) is 44.9 Å². The van der Waals surface area contributed by atoms with Crippen molar-refractivity contribution in [3.05, 3.63) is 47.7 Å². The number of rotatable bonds is 14. The molecule has 4 rings (SSSR count). The van der Waals surface area contributed by atoms with Crippen molar-refractivity contribution in [2.75, 3.05) is 25.4 Å². The number of carbonyl (C=O) groups excluding carboxylic acids is 1. The maximum atomic E-state index is 13.1. The second-order valence-corrected chi connectivity index (χ2v) is 11.8. The first kappa shape index (κ1) is 28.1. The molecule has 1 saturated carbocycles. The minimum atomic E-state index is -3.59. The molecular formula is C26H40N8O3S. The fourth-order valence-corrected chi connectivity index (χ4v) is 6.26. The molecule has 38 heavy (non-hydrogen) atoms. The van der Waals surface area contributed by atoms with Gasteiger partial charge in [0.25, 0.3) is 0 Å². The number of carbonyl (C=O) groups is 1. The summed E-state index contributed by atoms with van der Waals surface area (Å²) in [7, 11) is -3.59. The Labute approximate surface area is 224 Å². The van der Waals surface area contributed by atoms with Crippen LogP contribution in [0.3, 0.4) is 0 Å². The molecule has 3 aromatic rings. The minimum absolute atomic E-state index is 0.0219. The zero-order valence-electron chi connectivity index (χ0n) is 22.3. The van der Waals surface area contributed by atoms with Gasteiger partial charge in [-0.05, 0) is 56.9 Å². The van der Waals surface area contributed by atoms with E-state index in [2.05, 4.69) is 54.3 Å². The predicted octanol–water partition coefficient (Wildman–Crippen LogP) is 2.96. The van der Waals surface area contributed by atoms with Gasteiger partial charge < -0.3 is 20.5 Å².